The van der Waals surface area contributed by atoms with Crippen LogP contribution in [-0.4, -0.2) is 32.4 Å². The number of aliphatic hydroxyl groups is 2. The van der Waals surface area contributed by atoms with E-state index in [9.17, 15) is 0 Å². The van der Waals surface area contributed by atoms with Crippen LogP contribution >= 0.6 is 0 Å². The van der Waals surface area contributed by atoms with Crippen LogP contribution in [0.3, 0.4) is 0 Å². The zero-order valence-electron chi connectivity index (χ0n) is 16.8. The van der Waals surface area contributed by atoms with Gasteiger partial charge in [0.1, 0.15) is 0 Å². The van der Waals surface area contributed by atoms with E-state index in [-0.39, 0.29) is 32.3 Å². The Kier molecular flexibility index (Phi) is 7.85. The molecule has 1 aromatic heterocycles. The Hall–Kier alpha value is -1.65. The van der Waals surface area contributed by atoms with Gasteiger partial charge in [0.05, 0.1) is 17.9 Å². The molecule has 1 aliphatic carbocycles. The van der Waals surface area contributed by atoms with E-state index in [1.165, 1.54) is 21.9 Å². The summed E-state index contributed by atoms with van der Waals surface area (Å²) in [4.78, 5) is 9.12. The van der Waals surface area contributed by atoms with Crippen LogP contribution < -0.4 is 0 Å². The first-order chi connectivity index (χ1) is 12.9. The molecule has 0 fully saturated rings. The third-order valence-electron chi connectivity index (χ3n) is 4.78. The van der Waals surface area contributed by atoms with Crippen LogP contribution in [0.4, 0.5) is 0 Å². The molecule has 2 atom stereocenters. The third-order valence-corrected chi connectivity index (χ3v) is 4.78. The number of hydrogen-bond donors (Lipinski definition) is 2. The number of aliphatic hydroxyl groups excluding tert-OH is 2. The van der Waals surface area contributed by atoms with Gasteiger partial charge in [-0.15, -0.1) is 23.3 Å². The number of aromatic nitrogens is 2. The quantitative estimate of drug-likeness (QED) is 0.481. The van der Waals surface area contributed by atoms with E-state index < -0.39 is 0 Å². The van der Waals surface area contributed by atoms with E-state index in [4.69, 9.17) is 10.2 Å². The van der Waals surface area contributed by atoms with Gasteiger partial charge >= 0.3 is 0 Å². The Morgan fingerprint density at radius 1 is 1.07 bits per heavy atom. The van der Waals surface area contributed by atoms with E-state index >= 15 is 0 Å². The Morgan fingerprint density at radius 2 is 1.75 bits per heavy atom. The van der Waals surface area contributed by atoms with E-state index in [1.807, 2.05) is 20.0 Å². The SMILES string of the molecule is CC(O)CC(C)O.Cc1cnc(-c2[c-]cc3c4c(cccc24)CC3)c(C)n1.[Ir]. The van der Waals surface area contributed by atoms with Crippen molar-refractivity contribution in [3.05, 3.63) is 59.0 Å². The van der Waals surface area contributed by atoms with Crippen molar-refractivity contribution in [1.82, 2.24) is 9.97 Å². The zero-order chi connectivity index (χ0) is 19.6. The average Bonchev–Trinajstić information content (AvgIpc) is 3.00. The summed E-state index contributed by atoms with van der Waals surface area (Å²) in [7, 11) is 0. The van der Waals surface area contributed by atoms with Gasteiger partial charge in [-0.05, 0) is 40.5 Å². The fourth-order valence-corrected chi connectivity index (χ4v) is 3.70. The first kappa shape index (κ1) is 22.6. The van der Waals surface area contributed by atoms with E-state index in [2.05, 4.69) is 40.3 Å². The van der Waals surface area contributed by atoms with Crippen molar-refractivity contribution in [2.24, 2.45) is 0 Å². The van der Waals surface area contributed by atoms with Crippen LogP contribution in [0.25, 0.3) is 22.0 Å². The molecule has 0 aliphatic heterocycles. The van der Waals surface area contributed by atoms with Gasteiger partial charge < -0.3 is 15.2 Å². The average molecular weight is 556 g/mol. The van der Waals surface area contributed by atoms with Crippen molar-refractivity contribution in [3.63, 3.8) is 0 Å². The molecule has 151 valence electrons. The molecule has 28 heavy (non-hydrogen) atoms. The van der Waals surface area contributed by atoms with Crippen molar-refractivity contribution in [2.45, 2.75) is 59.2 Å². The van der Waals surface area contributed by atoms with Gasteiger partial charge in [-0.1, -0.05) is 41.0 Å². The number of aryl methyl sites for hydroxylation is 4. The molecule has 1 heterocycles. The van der Waals surface area contributed by atoms with Gasteiger partial charge in [0.25, 0.3) is 0 Å². The van der Waals surface area contributed by atoms with Gasteiger partial charge in [0, 0.05) is 37.7 Å². The van der Waals surface area contributed by atoms with Crippen LogP contribution in [0.5, 0.6) is 0 Å². The molecule has 0 bridgehead atoms. The largest absolute Gasteiger partial charge is 0.393 e. The van der Waals surface area contributed by atoms with Crippen LogP contribution in [0.15, 0.2) is 30.5 Å². The molecule has 2 aromatic carbocycles. The first-order valence-electron chi connectivity index (χ1n) is 9.48. The second kappa shape index (κ2) is 9.71. The minimum Gasteiger partial charge on any atom is -0.393 e. The Labute approximate surface area is 180 Å². The maximum absolute atomic E-state index is 8.56. The summed E-state index contributed by atoms with van der Waals surface area (Å²) in [5, 5.41) is 19.8. The fourth-order valence-electron chi connectivity index (χ4n) is 3.70. The predicted molar refractivity (Wildman–Crippen MR) is 109 cm³/mol. The second-order valence-corrected chi connectivity index (χ2v) is 7.41. The molecule has 2 N–H and O–H groups in total. The van der Waals surface area contributed by atoms with E-state index in [0.717, 1.165) is 35.5 Å². The molecular weight excluding hydrogens is 528 g/mol. The van der Waals surface area contributed by atoms with Crippen LogP contribution in [0.1, 0.15) is 42.8 Å². The van der Waals surface area contributed by atoms with Crippen molar-refractivity contribution in [1.29, 1.82) is 0 Å². The molecule has 1 aliphatic rings. The van der Waals surface area contributed by atoms with Gasteiger partial charge in [-0.2, -0.15) is 0 Å². The van der Waals surface area contributed by atoms with Gasteiger partial charge in [-0.25, -0.2) is 0 Å². The Morgan fingerprint density at radius 3 is 2.36 bits per heavy atom. The summed E-state index contributed by atoms with van der Waals surface area (Å²) in [6.07, 6.45) is 3.83. The minimum atomic E-state index is -0.375. The van der Waals surface area contributed by atoms with Gasteiger partial charge in [0.2, 0.25) is 0 Å². The number of rotatable bonds is 3. The summed E-state index contributed by atoms with van der Waals surface area (Å²) in [5.74, 6) is 0. The summed E-state index contributed by atoms with van der Waals surface area (Å²) >= 11 is 0. The molecule has 0 spiro atoms. The van der Waals surface area contributed by atoms with Crippen molar-refractivity contribution < 1.29 is 30.3 Å². The Bertz CT molecular complexity index is 938. The molecule has 0 saturated heterocycles. The molecule has 4 nitrogen and oxygen atoms in total. The fraction of sp³-hybridized carbons (Fsp3) is 0.391. The molecule has 5 heteroatoms. The maximum Gasteiger partial charge on any atom is 0.0539 e. The summed E-state index contributed by atoms with van der Waals surface area (Å²) in [6, 6.07) is 12.1. The van der Waals surface area contributed by atoms with Gasteiger partial charge in [-0.3, -0.25) is 4.98 Å². The van der Waals surface area contributed by atoms with Crippen molar-refractivity contribution in [3.8, 4) is 11.3 Å². The van der Waals surface area contributed by atoms with Crippen LogP contribution in [-0.2, 0) is 32.9 Å². The zero-order valence-corrected chi connectivity index (χ0v) is 19.2. The second-order valence-electron chi connectivity index (χ2n) is 7.41. The monoisotopic (exact) mass is 556 g/mol. The third kappa shape index (κ3) is 5.03. The topological polar surface area (TPSA) is 66.2 Å². The molecule has 4 rings (SSSR count). The summed E-state index contributed by atoms with van der Waals surface area (Å²) < 4.78 is 0. The molecular formula is C23H27IrN2O2-. The van der Waals surface area contributed by atoms with Crippen molar-refractivity contribution >= 4 is 10.8 Å². The summed E-state index contributed by atoms with van der Waals surface area (Å²) in [5.41, 5.74) is 6.82. The predicted octanol–water partition coefficient (Wildman–Crippen LogP) is 3.95. The molecule has 2 unspecified atom stereocenters. The van der Waals surface area contributed by atoms with Crippen LogP contribution in [0.2, 0.25) is 0 Å². The van der Waals surface area contributed by atoms with Gasteiger partial charge in [0.15, 0.2) is 0 Å². The molecule has 1 radical (unpaired) electrons. The molecule has 0 saturated carbocycles. The number of hydrogen-bond acceptors (Lipinski definition) is 4. The molecule has 0 amide bonds. The smallest absolute Gasteiger partial charge is 0.0539 e. The Balaban J connectivity index is 0.000000306. The maximum atomic E-state index is 8.56. The standard InChI is InChI=1S/C18H15N2.C5H12O2.Ir/c1-11-10-19-18(12(2)20-11)16-9-8-14-7-6-13-4-3-5-15(16)17(13)14;1-4(6)3-5(2)7;/h3-5,8,10H,6-7H2,1-2H3;4-7H,3H2,1-2H3;/q-1;;. The minimum absolute atomic E-state index is 0. The normalized spacial score (nSPS) is 14.1. The van der Waals surface area contributed by atoms with Crippen molar-refractivity contribution in [2.75, 3.05) is 0 Å². The van der Waals surface area contributed by atoms with E-state index in [0.29, 0.717) is 6.42 Å². The number of benzene rings is 2. The van der Waals surface area contributed by atoms with E-state index in [1.54, 1.807) is 13.8 Å². The summed E-state index contributed by atoms with van der Waals surface area (Å²) in [6.45, 7) is 7.31. The van der Waals surface area contributed by atoms with Crippen LogP contribution in [0, 0.1) is 19.9 Å². The first-order valence-corrected chi connectivity index (χ1v) is 9.48. The number of nitrogens with zero attached hydrogens (tertiary/aromatic N) is 2. The molecule has 3 aromatic rings.